The van der Waals surface area contributed by atoms with E-state index in [1.807, 2.05) is 0 Å². The summed E-state index contributed by atoms with van der Waals surface area (Å²) < 4.78 is 6.71. The highest BCUT2D eigenvalue weighted by atomic mass is 35.5. The highest BCUT2D eigenvalue weighted by Crippen LogP contribution is 2.32. The van der Waals surface area contributed by atoms with E-state index >= 15 is 0 Å². The minimum Gasteiger partial charge on any atom is -0.448 e. The third kappa shape index (κ3) is 4.15. The van der Waals surface area contributed by atoms with Crippen molar-refractivity contribution in [2.45, 2.75) is 13.0 Å². The molecule has 9 heteroatoms. The van der Waals surface area contributed by atoms with Crippen molar-refractivity contribution < 1.29 is 14.3 Å². The lowest BCUT2D eigenvalue weighted by atomic mass is 9.96. The first kappa shape index (κ1) is 21.7. The van der Waals surface area contributed by atoms with Gasteiger partial charge in [-0.25, -0.2) is 9.78 Å². The van der Waals surface area contributed by atoms with Gasteiger partial charge in [0.25, 0.3) is 11.5 Å². The Kier molecular flexibility index (Phi) is 6.07. The number of halogens is 1. The molecule has 0 radical (unpaired) electrons. The van der Waals surface area contributed by atoms with Crippen molar-refractivity contribution in [3.8, 4) is 11.1 Å². The van der Waals surface area contributed by atoms with Gasteiger partial charge in [-0.15, -0.1) is 11.3 Å². The van der Waals surface area contributed by atoms with Gasteiger partial charge in [0.15, 0.2) is 11.2 Å². The molecule has 2 heterocycles. The number of carbonyl (C=O) groups excluding carboxylic acids is 2. The van der Waals surface area contributed by atoms with Crippen LogP contribution < -0.4 is 10.9 Å². The van der Waals surface area contributed by atoms with Crippen LogP contribution in [0.5, 0.6) is 0 Å². The maximum absolute atomic E-state index is 13.2. The molecule has 1 amide bonds. The Hall–Kier alpha value is -3.49. The minimum atomic E-state index is -1.11. The normalized spacial score (nSPS) is 11.8. The third-order valence-corrected chi connectivity index (χ3v) is 5.89. The highest BCUT2D eigenvalue weighted by Gasteiger charge is 2.26. The predicted molar refractivity (Wildman–Crippen MR) is 125 cm³/mol. The lowest BCUT2D eigenvalue weighted by molar-refractivity contribution is -0.123. The van der Waals surface area contributed by atoms with Gasteiger partial charge in [0.2, 0.25) is 0 Å². The molecule has 0 saturated heterocycles. The number of amides is 1. The van der Waals surface area contributed by atoms with Crippen LogP contribution in [-0.2, 0) is 16.6 Å². The van der Waals surface area contributed by atoms with Gasteiger partial charge in [0.1, 0.15) is 5.69 Å². The first-order chi connectivity index (χ1) is 15.4. The molecule has 0 aliphatic rings. The molecule has 2 aromatic carbocycles. The number of thiazole rings is 1. The number of hydrogen-bond acceptors (Lipinski definition) is 6. The molecule has 0 aliphatic carbocycles. The zero-order chi connectivity index (χ0) is 22.8. The maximum Gasteiger partial charge on any atom is 0.356 e. The number of ether oxygens (including phenoxy) is 1. The van der Waals surface area contributed by atoms with Crippen LogP contribution in [0.4, 0.5) is 5.13 Å². The Balaban J connectivity index is 1.79. The molecule has 32 heavy (non-hydrogen) atoms. The van der Waals surface area contributed by atoms with Gasteiger partial charge >= 0.3 is 5.97 Å². The topological polar surface area (TPSA) is 90.3 Å². The van der Waals surface area contributed by atoms with E-state index in [4.69, 9.17) is 16.3 Å². The van der Waals surface area contributed by atoms with E-state index in [-0.39, 0.29) is 11.3 Å². The fraction of sp³-hybridized carbons (Fsp3) is 0.130. The maximum atomic E-state index is 13.2. The van der Waals surface area contributed by atoms with Crippen LogP contribution in [0.1, 0.15) is 17.4 Å². The summed E-state index contributed by atoms with van der Waals surface area (Å²) in [5, 5.41) is 6.32. The fourth-order valence-electron chi connectivity index (χ4n) is 3.37. The van der Waals surface area contributed by atoms with Crippen molar-refractivity contribution in [3.05, 3.63) is 81.2 Å². The highest BCUT2D eigenvalue weighted by molar-refractivity contribution is 7.13. The van der Waals surface area contributed by atoms with Crippen molar-refractivity contribution in [3.63, 3.8) is 0 Å². The Morgan fingerprint density at radius 2 is 1.81 bits per heavy atom. The molecule has 7 nitrogen and oxygen atoms in total. The molecule has 1 N–H and O–H groups in total. The smallest absolute Gasteiger partial charge is 0.356 e. The van der Waals surface area contributed by atoms with Gasteiger partial charge in [-0.05, 0) is 36.1 Å². The summed E-state index contributed by atoms with van der Waals surface area (Å²) in [5.74, 6) is -1.31. The number of pyridine rings is 1. The second-order valence-electron chi connectivity index (χ2n) is 7.01. The fourth-order valence-corrected chi connectivity index (χ4v) is 4.03. The number of carbonyl (C=O) groups is 2. The summed E-state index contributed by atoms with van der Waals surface area (Å²) in [6.45, 7) is 1.46. The molecule has 1 unspecified atom stereocenters. The van der Waals surface area contributed by atoms with E-state index in [1.165, 1.54) is 29.9 Å². The van der Waals surface area contributed by atoms with Gasteiger partial charge < -0.3 is 9.30 Å². The molecule has 0 fully saturated rings. The van der Waals surface area contributed by atoms with Gasteiger partial charge in [0, 0.05) is 34.6 Å². The average molecular weight is 468 g/mol. The molecular weight excluding hydrogens is 450 g/mol. The van der Waals surface area contributed by atoms with E-state index in [0.29, 0.717) is 32.1 Å². The monoisotopic (exact) mass is 467 g/mol. The first-order valence-corrected chi connectivity index (χ1v) is 10.9. The Bertz CT molecular complexity index is 1360. The van der Waals surface area contributed by atoms with E-state index < -0.39 is 18.0 Å². The zero-order valence-electron chi connectivity index (χ0n) is 17.2. The standard InChI is InChI=1S/C23H18ClN3O4S/c1-13(20(28)26-23-25-11-12-32-23)31-22(30)19-18(14-7-9-15(24)10-8-14)16-5-3-4-6-17(16)21(29)27(19)2/h3-13H,1-2H3,(H,25,26,28). The van der Waals surface area contributed by atoms with Crippen LogP contribution in [0, 0.1) is 0 Å². The summed E-state index contributed by atoms with van der Waals surface area (Å²) in [7, 11) is 1.51. The number of rotatable bonds is 5. The number of nitrogens with one attached hydrogen (secondary N) is 1. The number of anilines is 1. The minimum absolute atomic E-state index is 0.0462. The molecule has 162 valence electrons. The Labute approximate surface area is 192 Å². The third-order valence-electron chi connectivity index (χ3n) is 4.95. The SMILES string of the molecule is CC(OC(=O)c1c(-c2ccc(Cl)cc2)c2ccccc2c(=O)n1C)C(=O)Nc1nccs1. The van der Waals surface area contributed by atoms with Gasteiger partial charge in [-0.2, -0.15) is 0 Å². The number of nitrogens with zero attached hydrogens (tertiary/aromatic N) is 2. The number of benzene rings is 2. The second kappa shape index (κ2) is 8.94. The molecule has 4 rings (SSSR count). The number of aromatic nitrogens is 2. The number of fused-ring (bicyclic) bond motifs is 1. The van der Waals surface area contributed by atoms with E-state index in [2.05, 4.69) is 10.3 Å². The van der Waals surface area contributed by atoms with Gasteiger partial charge in [0.05, 0.1) is 0 Å². The van der Waals surface area contributed by atoms with Crippen molar-refractivity contribution >= 4 is 50.7 Å². The molecule has 2 aromatic heterocycles. The lowest BCUT2D eigenvalue weighted by Crippen LogP contribution is -2.32. The molecular formula is C23H18ClN3O4S. The largest absolute Gasteiger partial charge is 0.448 e. The van der Waals surface area contributed by atoms with Crippen LogP contribution in [0.3, 0.4) is 0 Å². The van der Waals surface area contributed by atoms with E-state index in [1.54, 1.807) is 60.1 Å². The van der Waals surface area contributed by atoms with Crippen LogP contribution in [0.25, 0.3) is 21.9 Å². The summed E-state index contributed by atoms with van der Waals surface area (Å²) in [5.41, 5.74) is 0.917. The molecule has 1 atom stereocenters. The lowest BCUT2D eigenvalue weighted by Gasteiger charge is -2.18. The molecule has 4 aromatic rings. The van der Waals surface area contributed by atoms with Crippen LogP contribution in [-0.4, -0.2) is 27.5 Å². The molecule has 0 aliphatic heterocycles. The van der Waals surface area contributed by atoms with Crippen LogP contribution >= 0.6 is 22.9 Å². The quantitative estimate of drug-likeness (QED) is 0.436. The number of hydrogen-bond donors (Lipinski definition) is 1. The van der Waals surface area contributed by atoms with Crippen molar-refractivity contribution in [1.82, 2.24) is 9.55 Å². The zero-order valence-corrected chi connectivity index (χ0v) is 18.7. The van der Waals surface area contributed by atoms with Crippen molar-refractivity contribution in [2.24, 2.45) is 7.05 Å². The van der Waals surface area contributed by atoms with E-state index in [9.17, 15) is 14.4 Å². The average Bonchev–Trinajstić information content (AvgIpc) is 3.29. The number of esters is 1. The summed E-state index contributed by atoms with van der Waals surface area (Å²) in [6, 6.07) is 14.0. The Morgan fingerprint density at radius 1 is 1.12 bits per heavy atom. The van der Waals surface area contributed by atoms with Gasteiger partial charge in [-0.1, -0.05) is 41.9 Å². The Morgan fingerprint density at radius 3 is 2.47 bits per heavy atom. The summed E-state index contributed by atoms with van der Waals surface area (Å²) >= 11 is 7.29. The molecule has 0 saturated carbocycles. The second-order valence-corrected chi connectivity index (χ2v) is 8.35. The predicted octanol–water partition coefficient (Wildman–Crippen LogP) is 4.50. The van der Waals surface area contributed by atoms with Crippen molar-refractivity contribution in [1.29, 1.82) is 0 Å². The molecule has 0 bridgehead atoms. The first-order valence-electron chi connectivity index (χ1n) is 9.66. The van der Waals surface area contributed by atoms with E-state index in [0.717, 1.165) is 0 Å². The summed E-state index contributed by atoms with van der Waals surface area (Å²) in [6.07, 6.45) is 0.450. The van der Waals surface area contributed by atoms with Crippen LogP contribution in [0.15, 0.2) is 64.9 Å². The summed E-state index contributed by atoms with van der Waals surface area (Å²) in [4.78, 5) is 42.6. The van der Waals surface area contributed by atoms with Crippen molar-refractivity contribution in [2.75, 3.05) is 5.32 Å². The molecule has 0 spiro atoms. The van der Waals surface area contributed by atoms with Crippen LogP contribution in [0.2, 0.25) is 5.02 Å². The van der Waals surface area contributed by atoms with Gasteiger partial charge in [-0.3, -0.25) is 14.9 Å².